The number of rotatable bonds is 5. The smallest absolute Gasteiger partial charge is 0.307 e. The van der Waals surface area contributed by atoms with Gasteiger partial charge in [-0.15, -0.1) is 0 Å². The van der Waals surface area contributed by atoms with Crippen LogP contribution in [-0.2, 0) is 10.5 Å². The fourth-order valence-corrected chi connectivity index (χ4v) is 2.26. The van der Waals surface area contributed by atoms with E-state index >= 15 is 0 Å². The minimum absolute atomic E-state index is 0.00513. The molecule has 0 bridgehead atoms. The van der Waals surface area contributed by atoms with Gasteiger partial charge < -0.3 is 5.11 Å². The summed E-state index contributed by atoms with van der Waals surface area (Å²) in [5, 5.41) is 8.58. The van der Waals surface area contributed by atoms with E-state index in [1.165, 1.54) is 6.92 Å². The average Bonchev–Trinajstić information content (AvgIpc) is 2.37. The topological polar surface area (TPSA) is 37.3 Å². The Balaban J connectivity index is 2.88. The Hall–Kier alpha value is -1.31. The van der Waals surface area contributed by atoms with E-state index in [1.807, 2.05) is 0 Å². The summed E-state index contributed by atoms with van der Waals surface area (Å²) in [6.45, 7) is 1.37. The largest absolute Gasteiger partial charge is 0.481 e. The first-order valence-corrected chi connectivity index (χ1v) is 6.23. The van der Waals surface area contributed by atoms with Gasteiger partial charge in [0, 0.05) is 17.1 Å². The van der Waals surface area contributed by atoms with Gasteiger partial charge in [-0.05, 0) is 0 Å². The van der Waals surface area contributed by atoms with Gasteiger partial charge in [0.25, 0.3) is 0 Å². The molecule has 0 aliphatic carbocycles. The Morgan fingerprint density at radius 3 is 1.89 bits per heavy atom. The van der Waals surface area contributed by atoms with E-state index in [4.69, 9.17) is 5.11 Å². The predicted octanol–water partition coefficient (Wildman–Crippen LogP) is 3.34. The lowest BCUT2D eigenvalue weighted by Crippen LogP contribution is -2.12. The van der Waals surface area contributed by atoms with Gasteiger partial charge in [0.15, 0.2) is 23.3 Å². The number of halogens is 5. The predicted molar refractivity (Wildman–Crippen MR) is 59.2 cm³/mol. The molecule has 0 amide bonds. The molecule has 0 heterocycles. The third-order valence-electron chi connectivity index (χ3n) is 2.34. The third kappa shape index (κ3) is 3.37. The summed E-state index contributed by atoms with van der Waals surface area (Å²) in [5.74, 6) is -12.4. The zero-order chi connectivity index (χ0) is 14.7. The zero-order valence-corrected chi connectivity index (χ0v) is 10.5. The first-order chi connectivity index (χ1) is 8.77. The van der Waals surface area contributed by atoms with E-state index in [0.29, 0.717) is 0 Å². The Morgan fingerprint density at radius 2 is 1.47 bits per heavy atom. The molecule has 1 aromatic rings. The number of hydrogen-bond donors (Lipinski definition) is 1. The van der Waals surface area contributed by atoms with Gasteiger partial charge in [0.2, 0.25) is 5.82 Å². The van der Waals surface area contributed by atoms with Crippen molar-refractivity contribution in [3.8, 4) is 0 Å². The second-order valence-electron chi connectivity index (χ2n) is 3.80. The van der Waals surface area contributed by atoms with Gasteiger partial charge >= 0.3 is 5.97 Å². The van der Waals surface area contributed by atoms with E-state index in [1.54, 1.807) is 0 Å². The third-order valence-corrected chi connectivity index (χ3v) is 3.57. The van der Waals surface area contributed by atoms with Gasteiger partial charge in [-0.2, -0.15) is 11.8 Å². The SMILES string of the molecule is CC(CSCc1c(F)c(F)c(F)c(F)c1F)C(=O)O. The Labute approximate surface area is 109 Å². The maximum atomic E-state index is 13.2. The maximum absolute atomic E-state index is 13.2. The number of thioether (sulfide) groups is 1. The maximum Gasteiger partial charge on any atom is 0.307 e. The van der Waals surface area contributed by atoms with E-state index < -0.39 is 52.3 Å². The Kier molecular flexibility index (Phi) is 5.16. The standard InChI is InChI=1S/C11H9F5O2S/c1-4(11(17)18)2-19-3-5-6(12)8(14)10(16)9(15)7(5)13/h4H,2-3H2,1H3,(H,17,18). The van der Waals surface area contributed by atoms with Crippen molar-refractivity contribution in [2.45, 2.75) is 12.7 Å². The van der Waals surface area contributed by atoms with Crippen LogP contribution in [0.3, 0.4) is 0 Å². The number of aliphatic carboxylic acids is 1. The number of carbonyl (C=O) groups is 1. The van der Waals surface area contributed by atoms with Crippen LogP contribution in [0.15, 0.2) is 0 Å². The Morgan fingerprint density at radius 1 is 1.05 bits per heavy atom. The second-order valence-corrected chi connectivity index (χ2v) is 4.83. The molecule has 1 rings (SSSR count). The van der Waals surface area contributed by atoms with Crippen LogP contribution in [0.25, 0.3) is 0 Å². The van der Waals surface area contributed by atoms with E-state index in [0.717, 1.165) is 11.8 Å². The van der Waals surface area contributed by atoms with Crippen molar-refractivity contribution in [2.24, 2.45) is 5.92 Å². The van der Waals surface area contributed by atoms with Crippen molar-refractivity contribution < 1.29 is 31.9 Å². The molecule has 0 saturated heterocycles. The summed E-state index contributed by atoms with van der Waals surface area (Å²) in [7, 11) is 0. The van der Waals surface area contributed by atoms with Gasteiger partial charge in [-0.3, -0.25) is 4.79 Å². The highest BCUT2D eigenvalue weighted by atomic mass is 32.2. The minimum Gasteiger partial charge on any atom is -0.481 e. The van der Waals surface area contributed by atoms with Crippen LogP contribution in [0.2, 0.25) is 0 Å². The second kappa shape index (κ2) is 6.23. The molecule has 1 aromatic carbocycles. The molecule has 0 aliphatic heterocycles. The summed E-state index contributed by atoms with van der Waals surface area (Å²) in [6.07, 6.45) is 0. The summed E-state index contributed by atoms with van der Waals surface area (Å²) in [6, 6.07) is 0. The Bertz CT molecular complexity index is 477. The first kappa shape index (κ1) is 15.7. The minimum atomic E-state index is -2.21. The fraction of sp³-hybridized carbons (Fsp3) is 0.364. The van der Waals surface area contributed by atoms with Crippen molar-refractivity contribution in [3.63, 3.8) is 0 Å². The van der Waals surface area contributed by atoms with Crippen LogP contribution in [0, 0.1) is 35.0 Å². The zero-order valence-electron chi connectivity index (χ0n) is 9.65. The number of hydrogen-bond acceptors (Lipinski definition) is 2. The molecule has 1 unspecified atom stereocenters. The highest BCUT2D eigenvalue weighted by Gasteiger charge is 2.25. The number of carboxylic acids is 1. The lowest BCUT2D eigenvalue weighted by molar-refractivity contribution is -0.140. The summed E-state index contributed by atoms with van der Waals surface area (Å²) >= 11 is 0.778. The van der Waals surface area contributed by atoms with Crippen molar-refractivity contribution in [1.82, 2.24) is 0 Å². The van der Waals surface area contributed by atoms with Gasteiger partial charge in [-0.1, -0.05) is 6.92 Å². The molecule has 106 valence electrons. The summed E-state index contributed by atoms with van der Waals surface area (Å²) < 4.78 is 64.9. The number of carboxylic acid groups (broad SMARTS) is 1. The van der Waals surface area contributed by atoms with E-state index in [9.17, 15) is 26.7 Å². The van der Waals surface area contributed by atoms with Gasteiger partial charge in [0.05, 0.1) is 5.92 Å². The van der Waals surface area contributed by atoms with Crippen LogP contribution < -0.4 is 0 Å². The lowest BCUT2D eigenvalue weighted by atomic mass is 10.2. The highest BCUT2D eigenvalue weighted by Crippen LogP contribution is 2.26. The molecule has 1 N–H and O–H groups in total. The van der Waals surface area contributed by atoms with Crippen molar-refractivity contribution in [3.05, 3.63) is 34.6 Å². The molecular formula is C11H9F5O2S. The summed E-state index contributed by atoms with van der Waals surface area (Å²) in [5.41, 5.74) is -0.945. The molecule has 0 spiro atoms. The molecule has 0 fully saturated rings. The molecule has 8 heteroatoms. The molecule has 0 radical (unpaired) electrons. The quantitative estimate of drug-likeness (QED) is 0.515. The van der Waals surface area contributed by atoms with Crippen molar-refractivity contribution >= 4 is 17.7 Å². The monoisotopic (exact) mass is 300 g/mol. The van der Waals surface area contributed by atoms with E-state index in [2.05, 4.69) is 0 Å². The molecular weight excluding hydrogens is 291 g/mol. The summed E-state index contributed by atoms with van der Waals surface area (Å²) in [4.78, 5) is 10.5. The molecule has 0 saturated carbocycles. The van der Waals surface area contributed by atoms with Crippen LogP contribution >= 0.6 is 11.8 Å². The molecule has 19 heavy (non-hydrogen) atoms. The van der Waals surface area contributed by atoms with Crippen molar-refractivity contribution in [2.75, 3.05) is 5.75 Å². The van der Waals surface area contributed by atoms with Gasteiger partial charge in [0.1, 0.15) is 0 Å². The van der Waals surface area contributed by atoms with Crippen LogP contribution in [-0.4, -0.2) is 16.8 Å². The van der Waals surface area contributed by atoms with Crippen LogP contribution in [0.5, 0.6) is 0 Å². The molecule has 2 nitrogen and oxygen atoms in total. The fourth-order valence-electron chi connectivity index (χ4n) is 1.19. The average molecular weight is 300 g/mol. The van der Waals surface area contributed by atoms with Crippen molar-refractivity contribution in [1.29, 1.82) is 0 Å². The van der Waals surface area contributed by atoms with Crippen LogP contribution in [0.4, 0.5) is 22.0 Å². The van der Waals surface area contributed by atoms with E-state index in [-0.39, 0.29) is 5.75 Å². The van der Waals surface area contributed by atoms with Gasteiger partial charge in [-0.25, -0.2) is 22.0 Å². The lowest BCUT2D eigenvalue weighted by Gasteiger charge is -2.09. The first-order valence-electron chi connectivity index (χ1n) is 5.08. The normalized spacial score (nSPS) is 12.5. The molecule has 1 atom stereocenters. The highest BCUT2D eigenvalue weighted by molar-refractivity contribution is 7.98. The molecule has 0 aromatic heterocycles. The number of benzene rings is 1. The molecule has 0 aliphatic rings. The van der Waals surface area contributed by atoms with Crippen LogP contribution in [0.1, 0.15) is 12.5 Å².